The van der Waals surface area contributed by atoms with Crippen LogP contribution in [-0.4, -0.2) is 76.6 Å². The molecule has 2 saturated heterocycles. The Balaban J connectivity index is 0.00000363. The maximum atomic E-state index is 6.02. The van der Waals surface area contributed by atoms with Gasteiger partial charge in [-0.1, -0.05) is 12.1 Å². The van der Waals surface area contributed by atoms with E-state index in [0.29, 0.717) is 19.8 Å². The summed E-state index contributed by atoms with van der Waals surface area (Å²) >= 11 is 0. The predicted octanol–water partition coefficient (Wildman–Crippen LogP) is 3.34. The highest BCUT2D eigenvalue weighted by Crippen LogP contribution is 2.30. The number of aliphatic imine (C=N–C) groups is 1. The molecule has 0 spiro atoms. The summed E-state index contributed by atoms with van der Waals surface area (Å²) in [5.74, 6) is 1.76. The molecule has 32 heavy (non-hydrogen) atoms. The van der Waals surface area contributed by atoms with Crippen LogP contribution in [0.25, 0.3) is 0 Å². The maximum absolute atomic E-state index is 6.02. The first-order valence-corrected chi connectivity index (χ1v) is 11.7. The van der Waals surface area contributed by atoms with Gasteiger partial charge in [-0.05, 0) is 57.3 Å². The minimum absolute atomic E-state index is 0. The fourth-order valence-electron chi connectivity index (χ4n) is 4.52. The first-order chi connectivity index (χ1) is 15.2. The van der Waals surface area contributed by atoms with Crippen molar-refractivity contribution < 1.29 is 14.2 Å². The van der Waals surface area contributed by atoms with E-state index in [1.54, 1.807) is 7.11 Å². The summed E-state index contributed by atoms with van der Waals surface area (Å²) in [6, 6.07) is 6.36. The first-order valence-electron chi connectivity index (χ1n) is 11.7. The Morgan fingerprint density at radius 2 is 1.91 bits per heavy atom. The van der Waals surface area contributed by atoms with Crippen LogP contribution in [0, 0.1) is 6.92 Å². The van der Waals surface area contributed by atoms with E-state index in [9.17, 15) is 0 Å². The zero-order valence-corrected chi connectivity index (χ0v) is 22.3. The highest BCUT2D eigenvalue weighted by molar-refractivity contribution is 14.0. The minimum atomic E-state index is 0. The Bertz CT molecular complexity index is 704. The van der Waals surface area contributed by atoms with Gasteiger partial charge in [0.05, 0.1) is 6.61 Å². The Labute approximate surface area is 210 Å². The second-order valence-electron chi connectivity index (χ2n) is 8.62. The molecule has 0 atom stereocenters. The average Bonchev–Trinajstić information content (AvgIpc) is 3.34. The second-order valence-corrected chi connectivity index (χ2v) is 8.62. The van der Waals surface area contributed by atoms with Crippen molar-refractivity contribution in [3.8, 4) is 5.75 Å². The van der Waals surface area contributed by atoms with Crippen LogP contribution < -0.4 is 15.4 Å². The number of halogens is 1. The van der Waals surface area contributed by atoms with Gasteiger partial charge in [0.25, 0.3) is 0 Å². The summed E-state index contributed by atoms with van der Waals surface area (Å²) in [6.07, 6.45) is 5.64. The Morgan fingerprint density at radius 3 is 2.59 bits per heavy atom. The van der Waals surface area contributed by atoms with Gasteiger partial charge in [0.15, 0.2) is 5.96 Å². The molecule has 2 N–H and O–H groups in total. The van der Waals surface area contributed by atoms with Gasteiger partial charge in [-0.2, -0.15) is 0 Å². The van der Waals surface area contributed by atoms with E-state index in [2.05, 4.69) is 45.6 Å². The van der Waals surface area contributed by atoms with Gasteiger partial charge in [0, 0.05) is 64.6 Å². The second kappa shape index (κ2) is 14.2. The highest BCUT2D eigenvalue weighted by Gasteiger charge is 2.39. The summed E-state index contributed by atoms with van der Waals surface area (Å²) < 4.78 is 16.8. The standard InChI is InChI=1S/C24H40N4O3.HI/c1-20-7-8-21(22(17-20)31-14-6-13-29-3)18-26-23(25-2)27-19-24(9-15-30-16-10-24)28-11-4-5-12-28;/h7-8,17H,4-6,9-16,18-19H2,1-3H3,(H2,25,26,27);1H. The van der Waals surface area contributed by atoms with Crippen LogP contribution in [0.2, 0.25) is 0 Å². The molecule has 3 rings (SSSR count). The molecule has 8 heteroatoms. The molecule has 182 valence electrons. The van der Waals surface area contributed by atoms with Gasteiger partial charge < -0.3 is 24.8 Å². The molecule has 0 radical (unpaired) electrons. The number of guanidine groups is 1. The number of benzene rings is 1. The summed E-state index contributed by atoms with van der Waals surface area (Å²) in [7, 11) is 3.55. The van der Waals surface area contributed by atoms with Crippen LogP contribution >= 0.6 is 24.0 Å². The Hall–Kier alpha value is -1.10. The monoisotopic (exact) mass is 560 g/mol. The molecule has 2 fully saturated rings. The van der Waals surface area contributed by atoms with Gasteiger partial charge in [-0.15, -0.1) is 24.0 Å². The molecule has 7 nitrogen and oxygen atoms in total. The topological polar surface area (TPSA) is 67.4 Å². The van der Waals surface area contributed by atoms with Crippen LogP contribution in [0.1, 0.15) is 43.2 Å². The molecular weight excluding hydrogens is 519 g/mol. The number of hydrogen-bond acceptors (Lipinski definition) is 5. The van der Waals surface area contributed by atoms with Crippen LogP contribution in [0.4, 0.5) is 0 Å². The molecule has 1 aromatic rings. The normalized spacial score (nSPS) is 18.8. The molecule has 0 aliphatic carbocycles. The SMILES string of the molecule is CN=C(NCc1ccc(C)cc1OCCCOC)NCC1(N2CCCC2)CCOCC1.I. The number of nitrogens with one attached hydrogen (secondary N) is 2. The maximum Gasteiger partial charge on any atom is 0.191 e. The summed E-state index contributed by atoms with van der Waals surface area (Å²) in [4.78, 5) is 7.13. The lowest BCUT2D eigenvalue weighted by molar-refractivity contribution is -0.0164. The van der Waals surface area contributed by atoms with Gasteiger partial charge in [-0.3, -0.25) is 9.89 Å². The fourth-order valence-corrected chi connectivity index (χ4v) is 4.52. The Kier molecular flexibility index (Phi) is 12.1. The molecule has 2 aliphatic rings. The third kappa shape index (κ3) is 7.74. The molecule has 0 unspecified atom stereocenters. The molecule has 2 aliphatic heterocycles. The zero-order valence-electron chi connectivity index (χ0n) is 20.0. The fraction of sp³-hybridized carbons (Fsp3) is 0.708. The van der Waals surface area contributed by atoms with Crippen molar-refractivity contribution in [1.29, 1.82) is 0 Å². The largest absolute Gasteiger partial charge is 0.493 e. The smallest absolute Gasteiger partial charge is 0.191 e. The van der Waals surface area contributed by atoms with Crippen molar-refractivity contribution in [2.24, 2.45) is 4.99 Å². The summed E-state index contributed by atoms with van der Waals surface area (Å²) in [5.41, 5.74) is 2.50. The van der Waals surface area contributed by atoms with E-state index in [1.807, 2.05) is 7.05 Å². The molecule has 0 saturated carbocycles. The Morgan fingerprint density at radius 1 is 1.16 bits per heavy atom. The number of ether oxygens (including phenoxy) is 3. The lowest BCUT2D eigenvalue weighted by Gasteiger charge is -2.45. The molecule has 0 bridgehead atoms. The van der Waals surface area contributed by atoms with E-state index < -0.39 is 0 Å². The number of methoxy groups -OCH3 is 1. The number of nitrogens with zero attached hydrogens (tertiary/aromatic N) is 2. The van der Waals surface area contributed by atoms with Crippen LogP contribution in [0.5, 0.6) is 5.75 Å². The number of rotatable bonds is 10. The van der Waals surface area contributed by atoms with Gasteiger partial charge in [-0.25, -0.2) is 0 Å². The minimum Gasteiger partial charge on any atom is -0.493 e. The summed E-state index contributed by atoms with van der Waals surface area (Å²) in [6.45, 7) is 9.09. The van der Waals surface area contributed by atoms with E-state index in [4.69, 9.17) is 14.2 Å². The third-order valence-electron chi connectivity index (χ3n) is 6.43. The average molecular weight is 561 g/mol. The lowest BCUT2D eigenvalue weighted by atomic mass is 9.88. The number of aryl methyl sites for hydroxylation is 1. The van der Waals surface area contributed by atoms with Crippen molar-refractivity contribution >= 4 is 29.9 Å². The van der Waals surface area contributed by atoms with Crippen molar-refractivity contribution in [1.82, 2.24) is 15.5 Å². The summed E-state index contributed by atoms with van der Waals surface area (Å²) in [5, 5.41) is 7.08. The van der Waals surface area contributed by atoms with Crippen molar-refractivity contribution in [2.45, 2.75) is 51.1 Å². The van der Waals surface area contributed by atoms with Crippen molar-refractivity contribution in [2.75, 3.05) is 60.2 Å². The van der Waals surface area contributed by atoms with Gasteiger partial charge in [0.2, 0.25) is 0 Å². The molecular formula is C24H41IN4O3. The van der Waals surface area contributed by atoms with Crippen LogP contribution in [-0.2, 0) is 16.0 Å². The van der Waals surface area contributed by atoms with E-state index in [-0.39, 0.29) is 29.5 Å². The van der Waals surface area contributed by atoms with Crippen molar-refractivity contribution in [3.05, 3.63) is 29.3 Å². The molecule has 2 heterocycles. The lowest BCUT2D eigenvalue weighted by Crippen LogP contribution is -2.58. The van der Waals surface area contributed by atoms with Crippen molar-refractivity contribution in [3.63, 3.8) is 0 Å². The van der Waals surface area contributed by atoms with Gasteiger partial charge >= 0.3 is 0 Å². The van der Waals surface area contributed by atoms with Crippen LogP contribution in [0.3, 0.4) is 0 Å². The molecule has 0 aromatic heterocycles. The van der Waals surface area contributed by atoms with E-state index >= 15 is 0 Å². The quantitative estimate of drug-likeness (QED) is 0.198. The number of hydrogen-bond donors (Lipinski definition) is 2. The van der Waals surface area contributed by atoms with E-state index in [0.717, 1.165) is 56.3 Å². The predicted molar refractivity (Wildman–Crippen MR) is 140 cm³/mol. The highest BCUT2D eigenvalue weighted by atomic mass is 127. The molecule has 1 aromatic carbocycles. The number of likely N-dealkylation sites (tertiary alicyclic amines) is 1. The first kappa shape index (κ1) is 27.1. The van der Waals surface area contributed by atoms with E-state index in [1.165, 1.54) is 31.5 Å². The third-order valence-corrected chi connectivity index (χ3v) is 6.43. The van der Waals surface area contributed by atoms with Gasteiger partial charge in [0.1, 0.15) is 5.75 Å². The zero-order chi connectivity index (χ0) is 21.9. The molecule has 0 amide bonds. The van der Waals surface area contributed by atoms with Crippen LogP contribution in [0.15, 0.2) is 23.2 Å².